The Morgan fingerprint density at radius 2 is 1.80 bits per heavy atom. The highest BCUT2D eigenvalue weighted by atomic mass is 19.2. The van der Waals surface area contributed by atoms with Crippen LogP contribution in [0.15, 0.2) is 54.8 Å². The smallest absolute Gasteiger partial charge is 0.228 e. The number of benzene rings is 2. The second kappa shape index (κ2) is 8.83. The summed E-state index contributed by atoms with van der Waals surface area (Å²) in [6, 6.07) is 3.70. The molecule has 35 heavy (non-hydrogen) atoms. The third kappa shape index (κ3) is 3.96. The molecule has 8 heteroatoms. The van der Waals surface area contributed by atoms with Crippen molar-refractivity contribution < 1.29 is 22.4 Å². The van der Waals surface area contributed by atoms with E-state index in [2.05, 4.69) is 22.5 Å². The summed E-state index contributed by atoms with van der Waals surface area (Å²) >= 11 is 0. The van der Waals surface area contributed by atoms with Crippen molar-refractivity contribution >= 4 is 28.2 Å². The van der Waals surface area contributed by atoms with E-state index >= 15 is 0 Å². The molecule has 3 aromatic rings. The van der Waals surface area contributed by atoms with E-state index in [0.717, 1.165) is 25.0 Å². The summed E-state index contributed by atoms with van der Waals surface area (Å²) in [5.41, 5.74) is 0.0491. The van der Waals surface area contributed by atoms with Gasteiger partial charge in [0.25, 0.3) is 0 Å². The average molecular weight is 481 g/mol. The van der Waals surface area contributed by atoms with E-state index in [1.807, 2.05) is 12.2 Å². The predicted molar refractivity (Wildman–Crippen MR) is 128 cm³/mol. The van der Waals surface area contributed by atoms with Gasteiger partial charge in [-0.2, -0.15) is 0 Å². The molecular weight excluding hydrogens is 458 g/mol. The van der Waals surface area contributed by atoms with Crippen LogP contribution in [0.2, 0.25) is 0 Å². The number of nitrogens with zero attached hydrogens (tertiary/aromatic N) is 2. The maximum absolute atomic E-state index is 14.9. The molecule has 2 aliphatic rings. The van der Waals surface area contributed by atoms with Crippen LogP contribution in [0, 0.1) is 41.0 Å². The number of fused-ring (bicyclic) bond motifs is 2. The van der Waals surface area contributed by atoms with Crippen molar-refractivity contribution in [1.29, 1.82) is 0 Å². The monoisotopic (exact) mass is 481 g/mol. The van der Waals surface area contributed by atoms with Crippen molar-refractivity contribution in [3.8, 4) is 11.1 Å². The van der Waals surface area contributed by atoms with Crippen molar-refractivity contribution in [1.82, 2.24) is 4.98 Å². The number of allylic oxidation sites excluding steroid dienone is 4. The Hall–Kier alpha value is -3.68. The molecule has 1 saturated carbocycles. The van der Waals surface area contributed by atoms with Gasteiger partial charge in [0.1, 0.15) is 11.6 Å². The molecule has 1 fully saturated rings. The number of pyridine rings is 1. The zero-order valence-electron chi connectivity index (χ0n) is 19.2. The molecule has 2 aromatic carbocycles. The van der Waals surface area contributed by atoms with Crippen molar-refractivity contribution in [2.24, 2.45) is 17.8 Å². The van der Waals surface area contributed by atoms with E-state index in [1.54, 1.807) is 19.0 Å². The lowest BCUT2D eigenvalue weighted by Gasteiger charge is -2.24. The number of hydrogen-bond donors (Lipinski definition) is 1. The van der Waals surface area contributed by atoms with Crippen LogP contribution in [0.3, 0.4) is 0 Å². The molecule has 1 aromatic heterocycles. The highest BCUT2D eigenvalue weighted by molar-refractivity contribution is 6.07. The first-order chi connectivity index (χ1) is 16.8. The number of nitrogens with one attached hydrogen (secondary N) is 1. The van der Waals surface area contributed by atoms with Gasteiger partial charge >= 0.3 is 0 Å². The van der Waals surface area contributed by atoms with Crippen molar-refractivity contribution in [3.05, 3.63) is 78.0 Å². The van der Waals surface area contributed by atoms with Gasteiger partial charge in [-0.05, 0) is 42.9 Å². The topological polar surface area (TPSA) is 45.2 Å². The SMILES string of the molecule is CN(C)c1c(NC(=O)[C@H]2CCC3C=CC=CC32)cnc2c(-c3cc(F)cc(F)c3F)c(F)ccc12. The first kappa shape index (κ1) is 23.1. The quantitative estimate of drug-likeness (QED) is 0.355. The fourth-order valence-electron chi connectivity index (χ4n) is 5.28. The van der Waals surface area contributed by atoms with Crippen LogP contribution in [0.1, 0.15) is 12.8 Å². The van der Waals surface area contributed by atoms with E-state index in [1.165, 1.54) is 12.3 Å². The molecule has 2 unspecified atom stereocenters. The lowest BCUT2D eigenvalue weighted by Crippen LogP contribution is -2.28. The van der Waals surface area contributed by atoms with Crippen LogP contribution in [0.25, 0.3) is 22.0 Å². The maximum Gasteiger partial charge on any atom is 0.228 e. The molecule has 4 nitrogen and oxygen atoms in total. The number of halogens is 4. The van der Waals surface area contributed by atoms with Crippen LogP contribution in [0.4, 0.5) is 28.9 Å². The van der Waals surface area contributed by atoms with Gasteiger partial charge in [-0.25, -0.2) is 17.6 Å². The minimum atomic E-state index is -1.42. The third-order valence-electron chi connectivity index (χ3n) is 6.84. The molecular formula is C27H23F4N3O. The predicted octanol–water partition coefficient (Wildman–Crippen LogP) is 6.23. The summed E-state index contributed by atoms with van der Waals surface area (Å²) < 4.78 is 57.3. The highest BCUT2D eigenvalue weighted by Gasteiger charge is 2.38. The zero-order chi connectivity index (χ0) is 24.9. The normalized spacial score (nSPS) is 20.8. The third-order valence-corrected chi connectivity index (χ3v) is 6.84. The van der Waals surface area contributed by atoms with Crippen LogP contribution in [-0.4, -0.2) is 25.0 Å². The lowest BCUT2D eigenvalue weighted by molar-refractivity contribution is -0.120. The molecule has 1 amide bonds. The first-order valence-electron chi connectivity index (χ1n) is 11.4. The molecule has 3 atom stereocenters. The summed E-state index contributed by atoms with van der Waals surface area (Å²) in [6.45, 7) is 0. The molecule has 0 spiro atoms. The largest absolute Gasteiger partial charge is 0.375 e. The van der Waals surface area contributed by atoms with Crippen LogP contribution in [-0.2, 0) is 4.79 Å². The number of rotatable bonds is 4. The summed E-state index contributed by atoms with van der Waals surface area (Å²) in [5.74, 6) is -4.56. The van der Waals surface area contributed by atoms with E-state index in [4.69, 9.17) is 0 Å². The lowest BCUT2D eigenvalue weighted by atomic mass is 9.86. The molecule has 2 aliphatic carbocycles. The molecule has 0 bridgehead atoms. The van der Waals surface area contributed by atoms with Crippen molar-refractivity contribution in [2.75, 3.05) is 24.3 Å². The van der Waals surface area contributed by atoms with Gasteiger partial charge in [-0.3, -0.25) is 9.78 Å². The first-order valence-corrected chi connectivity index (χ1v) is 11.4. The Balaban J connectivity index is 1.60. The number of amides is 1. The number of aromatic nitrogens is 1. The summed E-state index contributed by atoms with van der Waals surface area (Å²) in [5, 5.41) is 3.37. The van der Waals surface area contributed by atoms with E-state index in [0.29, 0.717) is 28.7 Å². The summed E-state index contributed by atoms with van der Waals surface area (Å²) in [4.78, 5) is 19.3. The average Bonchev–Trinajstić information content (AvgIpc) is 3.25. The van der Waals surface area contributed by atoms with Crippen molar-refractivity contribution in [3.63, 3.8) is 0 Å². The van der Waals surface area contributed by atoms with Gasteiger partial charge in [0.15, 0.2) is 11.6 Å². The molecule has 180 valence electrons. The molecule has 0 radical (unpaired) electrons. The van der Waals surface area contributed by atoms with Crippen LogP contribution >= 0.6 is 0 Å². The maximum atomic E-state index is 14.9. The Labute approximate surface area is 200 Å². The second-order valence-corrected chi connectivity index (χ2v) is 9.17. The van der Waals surface area contributed by atoms with Crippen molar-refractivity contribution in [2.45, 2.75) is 12.8 Å². The minimum absolute atomic E-state index is 0.0249. The number of carbonyl (C=O) groups is 1. The fourth-order valence-corrected chi connectivity index (χ4v) is 5.28. The standard InChI is InChI=1S/C27H23F4N3O/c1-34(2)26-18-9-10-20(29)23(19-11-15(28)12-21(30)24(19)31)25(18)32-13-22(26)33-27(35)17-8-7-14-5-3-4-6-16(14)17/h3-6,9-14,16-17H,7-8H2,1-2H3,(H,33,35)/t14?,16?,17-/m0/s1. The Bertz CT molecular complexity index is 1400. The van der Waals surface area contributed by atoms with E-state index in [-0.39, 0.29) is 28.8 Å². The fraction of sp³-hybridized carbons (Fsp3) is 0.259. The number of anilines is 2. The van der Waals surface area contributed by atoms with Gasteiger partial charge in [-0.1, -0.05) is 24.3 Å². The summed E-state index contributed by atoms with van der Waals surface area (Å²) in [7, 11) is 3.49. The molecule has 0 saturated heterocycles. The summed E-state index contributed by atoms with van der Waals surface area (Å²) in [6.07, 6.45) is 11.2. The second-order valence-electron chi connectivity index (χ2n) is 9.17. The van der Waals surface area contributed by atoms with Gasteiger partial charge in [0.2, 0.25) is 5.91 Å². The van der Waals surface area contributed by atoms with Crippen LogP contribution < -0.4 is 10.2 Å². The van der Waals surface area contributed by atoms with Gasteiger partial charge < -0.3 is 10.2 Å². The zero-order valence-corrected chi connectivity index (χ0v) is 19.2. The molecule has 1 heterocycles. The Morgan fingerprint density at radius 3 is 2.57 bits per heavy atom. The highest BCUT2D eigenvalue weighted by Crippen LogP contribution is 2.43. The van der Waals surface area contributed by atoms with Crippen LogP contribution in [0.5, 0.6) is 0 Å². The van der Waals surface area contributed by atoms with E-state index in [9.17, 15) is 22.4 Å². The van der Waals surface area contributed by atoms with E-state index < -0.39 is 28.8 Å². The molecule has 1 N–H and O–H groups in total. The van der Waals surface area contributed by atoms with Gasteiger partial charge in [0, 0.05) is 42.6 Å². The van der Waals surface area contributed by atoms with Gasteiger partial charge in [0.05, 0.1) is 23.1 Å². The number of carbonyl (C=O) groups excluding carboxylic acids is 1. The minimum Gasteiger partial charge on any atom is -0.375 e. The van der Waals surface area contributed by atoms with Gasteiger partial charge in [-0.15, -0.1) is 0 Å². The Morgan fingerprint density at radius 1 is 1.03 bits per heavy atom. The Kier molecular flexibility index (Phi) is 5.83. The number of hydrogen-bond acceptors (Lipinski definition) is 3. The molecule has 5 rings (SSSR count). The molecule has 0 aliphatic heterocycles.